The molecule has 0 aromatic heterocycles. The summed E-state index contributed by atoms with van der Waals surface area (Å²) in [5, 5.41) is 16.2. The highest BCUT2D eigenvalue weighted by Gasteiger charge is 2.35. The van der Waals surface area contributed by atoms with E-state index in [1.807, 2.05) is 26.0 Å². The summed E-state index contributed by atoms with van der Waals surface area (Å²) in [7, 11) is 0. The summed E-state index contributed by atoms with van der Waals surface area (Å²) in [5.41, 5.74) is 4.65. The Morgan fingerprint density at radius 3 is 2.72 bits per heavy atom. The third kappa shape index (κ3) is 4.44. The Kier molecular flexibility index (Phi) is 5.53. The summed E-state index contributed by atoms with van der Waals surface area (Å²) >= 11 is 7.39. The Labute approximate surface area is 157 Å². The number of nitrogens with one attached hydrogen (secondary N) is 1. The maximum Gasteiger partial charge on any atom is 0.256 e. The number of rotatable bonds is 4. The van der Waals surface area contributed by atoms with Gasteiger partial charge in [-0.2, -0.15) is 5.10 Å². The zero-order valence-corrected chi connectivity index (χ0v) is 15.9. The standard InChI is InChI=1S/C18H22ClN3O2S/c1-18(2)17(24)21-20-16(25-18)13-7-9-22(10-8-13)11-15(23)12-3-5-14(19)6-4-12/h3-7,15,23H,8-11H2,1-2H3,(H,21,24). The maximum absolute atomic E-state index is 11.8. The van der Waals surface area contributed by atoms with E-state index in [-0.39, 0.29) is 5.91 Å². The highest BCUT2D eigenvalue weighted by molar-refractivity contribution is 8.16. The summed E-state index contributed by atoms with van der Waals surface area (Å²) in [5.74, 6) is -0.0645. The average molecular weight is 380 g/mol. The third-order valence-electron chi connectivity index (χ3n) is 4.41. The number of β-amino-alcohol motifs (C(OH)–C–C–N with tert-alkyl or cyclic N) is 1. The van der Waals surface area contributed by atoms with Crippen LogP contribution < -0.4 is 5.43 Å². The number of aliphatic hydroxyl groups excluding tert-OH is 1. The summed E-state index contributed by atoms with van der Waals surface area (Å²) in [6, 6.07) is 7.30. The van der Waals surface area contributed by atoms with Crippen LogP contribution in [-0.2, 0) is 4.79 Å². The minimum absolute atomic E-state index is 0.0645. The zero-order valence-electron chi connectivity index (χ0n) is 14.3. The molecule has 0 spiro atoms. The number of benzene rings is 1. The lowest BCUT2D eigenvalue weighted by atomic mass is 10.1. The van der Waals surface area contributed by atoms with Gasteiger partial charge >= 0.3 is 0 Å². The number of aliphatic hydroxyl groups is 1. The van der Waals surface area contributed by atoms with Gasteiger partial charge in [0.1, 0.15) is 5.04 Å². The summed E-state index contributed by atoms with van der Waals surface area (Å²) < 4.78 is -0.500. The van der Waals surface area contributed by atoms with Gasteiger partial charge in [0.2, 0.25) is 0 Å². The fourth-order valence-electron chi connectivity index (χ4n) is 2.79. The minimum atomic E-state index is -0.535. The largest absolute Gasteiger partial charge is 0.387 e. The lowest BCUT2D eigenvalue weighted by Gasteiger charge is -2.31. The first-order valence-corrected chi connectivity index (χ1v) is 9.47. The van der Waals surface area contributed by atoms with Gasteiger partial charge in [0.15, 0.2) is 0 Å². The molecule has 25 heavy (non-hydrogen) atoms. The molecular weight excluding hydrogens is 358 g/mol. The Bertz CT molecular complexity index is 716. The Balaban J connectivity index is 1.59. The molecule has 0 radical (unpaired) electrons. The molecule has 0 aliphatic carbocycles. The van der Waals surface area contributed by atoms with Crippen molar-refractivity contribution in [3.63, 3.8) is 0 Å². The molecule has 1 aromatic rings. The fourth-order valence-corrected chi connectivity index (χ4v) is 3.95. The molecule has 0 fully saturated rings. The molecule has 134 valence electrons. The van der Waals surface area contributed by atoms with E-state index >= 15 is 0 Å². The number of thioether (sulfide) groups is 1. The highest BCUT2D eigenvalue weighted by atomic mass is 35.5. The van der Waals surface area contributed by atoms with E-state index in [2.05, 4.69) is 21.5 Å². The van der Waals surface area contributed by atoms with Crippen molar-refractivity contribution < 1.29 is 9.90 Å². The highest BCUT2D eigenvalue weighted by Crippen LogP contribution is 2.33. The SMILES string of the molecule is CC1(C)SC(C2=CCN(CC(O)c3ccc(Cl)cc3)CC2)=NNC1=O. The van der Waals surface area contributed by atoms with Gasteiger partial charge in [0.25, 0.3) is 5.91 Å². The molecule has 0 bridgehead atoms. The molecule has 2 aliphatic rings. The molecular formula is C18H22ClN3O2S. The van der Waals surface area contributed by atoms with Crippen molar-refractivity contribution in [3.8, 4) is 0 Å². The second kappa shape index (κ2) is 7.50. The van der Waals surface area contributed by atoms with E-state index in [9.17, 15) is 9.90 Å². The van der Waals surface area contributed by atoms with Crippen molar-refractivity contribution >= 4 is 34.3 Å². The molecule has 7 heteroatoms. The smallest absolute Gasteiger partial charge is 0.256 e. The van der Waals surface area contributed by atoms with Crippen LogP contribution in [0.2, 0.25) is 5.02 Å². The van der Waals surface area contributed by atoms with E-state index < -0.39 is 10.9 Å². The number of nitrogens with zero attached hydrogens (tertiary/aromatic N) is 2. The number of halogens is 1. The van der Waals surface area contributed by atoms with E-state index in [4.69, 9.17) is 11.6 Å². The van der Waals surface area contributed by atoms with Gasteiger partial charge in [-0.1, -0.05) is 41.6 Å². The predicted octanol–water partition coefficient (Wildman–Crippen LogP) is 2.96. The number of carbonyl (C=O) groups excluding carboxylic acids is 1. The second-order valence-corrected chi connectivity index (χ2v) is 8.82. The monoisotopic (exact) mass is 379 g/mol. The fraction of sp³-hybridized carbons (Fsp3) is 0.444. The van der Waals surface area contributed by atoms with Gasteiger partial charge in [-0.05, 0) is 43.5 Å². The molecule has 2 heterocycles. The molecule has 1 atom stereocenters. The first-order chi connectivity index (χ1) is 11.8. The lowest BCUT2D eigenvalue weighted by molar-refractivity contribution is -0.122. The molecule has 1 aromatic carbocycles. The first-order valence-electron chi connectivity index (χ1n) is 8.27. The van der Waals surface area contributed by atoms with Crippen LogP contribution >= 0.6 is 23.4 Å². The van der Waals surface area contributed by atoms with Crippen molar-refractivity contribution in [2.45, 2.75) is 31.1 Å². The number of carbonyl (C=O) groups is 1. The van der Waals surface area contributed by atoms with Crippen LogP contribution in [0.4, 0.5) is 0 Å². The normalized spacial score (nSPS) is 22.0. The summed E-state index contributed by atoms with van der Waals surface area (Å²) in [6.45, 7) is 5.99. The van der Waals surface area contributed by atoms with Crippen LogP contribution in [0.25, 0.3) is 0 Å². The second-order valence-electron chi connectivity index (χ2n) is 6.78. The van der Waals surface area contributed by atoms with Crippen molar-refractivity contribution in [2.75, 3.05) is 19.6 Å². The van der Waals surface area contributed by atoms with Gasteiger partial charge in [0, 0.05) is 24.7 Å². The molecule has 3 rings (SSSR count). The molecule has 0 saturated heterocycles. The molecule has 1 unspecified atom stereocenters. The summed E-state index contributed by atoms with van der Waals surface area (Å²) in [6.07, 6.45) is 2.45. The van der Waals surface area contributed by atoms with Crippen molar-refractivity contribution in [1.82, 2.24) is 10.3 Å². The Morgan fingerprint density at radius 2 is 2.12 bits per heavy atom. The van der Waals surface area contributed by atoms with E-state index in [1.54, 1.807) is 12.1 Å². The molecule has 2 aliphatic heterocycles. The van der Waals surface area contributed by atoms with Gasteiger partial charge in [-0.15, -0.1) is 0 Å². The first kappa shape index (κ1) is 18.5. The van der Waals surface area contributed by atoms with Gasteiger partial charge < -0.3 is 5.11 Å². The Morgan fingerprint density at radius 1 is 1.40 bits per heavy atom. The van der Waals surface area contributed by atoms with Crippen LogP contribution in [0.1, 0.15) is 31.9 Å². The predicted molar refractivity (Wildman–Crippen MR) is 103 cm³/mol. The quantitative estimate of drug-likeness (QED) is 0.844. The van der Waals surface area contributed by atoms with Gasteiger partial charge in [-0.25, -0.2) is 5.43 Å². The number of hydrogen-bond acceptors (Lipinski definition) is 5. The zero-order chi connectivity index (χ0) is 18.0. The van der Waals surface area contributed by atoms with Crippen LogP contribution in [0.5, 0.6) is 0 Å². The Hall–Kier alpha value is -1.34. The van der Waals surface area contributed by atoms with Crippen LogP contribution in [0.3, 0.4) is 0 Å². The van der Waals surface area contributed by atoms with Crippen LogP contribution in [0, 0.1) is 0 Å². The number of hydrazone groups is 1. The molecule has 0 saturated carbocycles. The number of hydrogen-bond donors (Lipinski definition) is 2. The van der Waals surface area contributed by atoms with E-state index in [0.717, 1.165) is 35.7 Å². The van der Waals surface area contributed by atoms with Crippen LogP contribution in [-0.4, -0.2) is 45.3 Å². The van der Waals surface area contributed by atoms with E-state index in [0.29, 0.717) is 11.6 Å². The van der Waals surface area contributed by atoms with E-state index in [1.165, 1.54) is 11.8 Å². The molecule has 5 nitrogen and oxygen atoms in total. The maximum atomic E-state index is 11.8. The van der Waals surface area contributed by atoms with Crippen molar-refractivity contribution in [3.05, 3.63) is 46.5 Å². The number of amides is 1. The lowest BCUT2D eigenvalue weighted by Crippen LogP contribution is -2.43. The minimum Gasteiger partial charge on any atom is -0.387 e. The molecule has 2 N–H and O–H groups in total. The topological polar surface area (TPSA) is 64.9 Å². The molecule has 1 amide bonds. The van der Waals surface area contributed by atoms with Crippen molar-refractivity contribution in [1.29, 1.82) is 0 Å². The summed E-state index contributed by atoms with van der Waals surface area (Å²) in [4.78, 5) is 14.0. The van der Waals surface area contributed by atoms with Gasteiger partial charge in [-0.3, -0.25) is 9.69 Å². The van der Waals surface area contributed by atoms with Crippen molar-refractivity contribution in [2.24, 2.45) is 5.10 Å². The average Bonchev–Trinajstić information content (AvgIpc) is 2.58. The third-order valence-corrected chi connectivity index (χ3v) is 5.91. The van der Waals surface area contributed by atoms with Gasteiger partial charge in [0.05, 0.1) is 10.9 Å². The van der Waals surface area contributed by atoms with Crippen LogP contribution in [0.15, 0.2) is 41.0 Å².